The second-order valence-electron chi connectivity index (χ2n) is 7.52. The smallest absolute Gasteiger partial charge is 0.259 e. The van der Waals surface area contributed by atoms with Crippen molar-refractivity contribution in [1.82, 2.24) is 0 Å². The molecule has 4 rings (SSSR count). The lowest BCUT2D eigenvalue weighted by molar-refractivity contribution is 0.102. The Labute approximate surface area is 197 Å². The van der Waals surface area contributed by atoms with Crippen LogP contribution in [-0.4, -0.2) is 18.8 Å². The molecule has 0 aliphatic carbocycles. The molecule has 34 heavy (non-hydrogen) atoms. The van der Waals surface area contributed by atoms with Crippen molar-refractivity contribution in [1.29, 1.82) is 5.26 Å². The largest absolute Gasteiger partial charge is 0.491 e. The van der Waals surface area contributed by atoms with E-state index in [0.29, 0.717) is 40.3 Å². The molecule has 0 aromatic heterocycles. The van der Waals surface area contributed by atoms with Gasteiger partial charge in [-0.25, -0.2) is 0 Å². The fourth-order valence-corrected chi connectivity index (χ4v) is 3.54. The van der Waals surface area contributed by atoms with Crippen LogP contribution in [-0.2, 0) is 6.61 Å². The molecule has 0 saturated heterocycles. The average Bonchev–Trinajstić information content (AvgIpc) is 2.89. The number of rotatable bonds is 9. The number of fused-ring (bicyclic) bond motifs is 1. The molecule has 4 aromatic rings. The summed E-state index contributed by atoms with van der Waals surface area (Å²) in [6.07, 6.45) is 0.932. The molecule has 0 heterocycles. The topological polar surface area (TPSA) is 88.4 Å². The van der Waals surface area contributed by atoms with Crippen LogP contribution in [0.5, 0.6) is 11.5 Å². The fraction of sp³-hybridized carbons (Fsp3) is 0.107. The maximum absolute atomic E-state index is 13.3. The van der Waals surface area contributed by atoms with Crippen molar-refractivity contribution in [2.45, 2.75) is 13.0 Å². The average molecular weight is 450 g/mol. The lowest BCUT2D eigenvalue weighted by atomic mass is 10.0. The zero-order valence-electron chi connectivity index (χ0n) is 18.4. The van der Waals surface area contributed by atoms with Gasteiger partial charge in [0.15, 0.2) is 0 Å². The number of carbonyl (C=O) groups is 2. The minimum atomic E-state index is -0.388. The van der Waals surface area contributed by atoms with Gasteiger partial charge in [0.2, 0.25) is 0 Å². The molecule has 1 amide bonds. The zero-order chi connectivity index (χ0) is 23.8. The summed E-state index contributed by atoms with van der Waals surface area (Å²) in [4.78, 5) is 24.2. The molecule has 1 N–H and O–H groups in total. The molecule has 0 aliphatic heterocycles. The third-order valence-corrected chi connectivity index (χ3v) is 5.20. The van der Waals surface area contributed by atoms with Crippen LogP contribution >= 0.6 is 0 Å². The van der Waals surface area contributed by atoms with Crippen molar-refractivity contribution in [3.05, 3.63) is 102 Å². The lowest BCUT2D eigenvalue weighted by Gasteiger charge is -2.17. The van der Waals surface area contributed by atoms with Crippen LogP contribution in [0.15, 0.2) is 84.9 Å². The third kappa shape index (κ3) is 5.22. The van der Waals surface area contributed by atoms with Gasteiger partial charge in [-0.2, -0.15) is 5.26 Å². The van der Waals surface area contributed by atoms with E-state index in [4.69, 9.17) is 14.7 Å². The quantitative estimate of drug-likeness (QED) is 0.258. The van der Waals surface area contributed by atoms with Gasteiger partial charge in [0, 0.05) is 22.0 Å². The number of hydrogen-bond donors (Lipinski definition) is 1. The first kappa shape index (κ1) is 22.6. The minimum Gasteiger partial charge on any atom is -0.491 e. The van der Waals surface area contributed by atoms with E-state index in [1.807, 2.05) is 54.6 Å². The van der Waals surface area contributed by atoms with Gasteiger partial charge in [-0.05, 0) is 35.9 Å². The molecule has 6 nitrogen and oxygen atoms in total. The molecular formula is C28H22N2O4. The highest BCUT2D eigenvalue weighted by Gasteiger charge is 2.20. The van der Waals surface area contributed by atoms with E-state index in [9.17, 15) is 9.59 Å². The highest BCUT2D eigenvalue weighted by atomic mass is 16.5. The van der Waals surface area contributed by atoms with Gasteiger partial charge in [-0.3, -0.25) is 9.59 Å². The Bertz CT molecular complexity index is 1340. The number of benzene rings is 4. The SMILES string of the molecule is N#CCCOc1c(C(=O)Nc2ccc(C=O)cc2)cc(OCc2ccccc2)c2ccccc12. The van der Waals surface area contributed by atoms with Crippen LogP contribution in [0.3, 0.4) is 0 Å². The van der Waals surface area contributed by atoms with Crippen molar-refractivity contribution in [2.24, 2.45) is 0 Å². The van der Waals surface area contributed by atoms with Gasteiger partial charge >= 0.3 is 0 Å². The first-order valence-corrected chi connectivity index (χ1v) is 10.8. The van der Waals surface area contributed by atoms with E-state index in [0.717, 1.165) is 17.2 Å². The van der Waals surface area contributed by atoms with E-state index in [-0.39, 0.29) is 18.9 Å². The monoisotopic (exact) mass is 450 g/mol. The highest BCUT2D eigenvalue weighted by Crippen LogP contribution is 2.38. The summed E-state index contributed by atoms with van der Waals surface area (Å²) >= 11 is 0. The van der Waals surface area contributed by atoms with Crippen LogP contribution in [0, 0.1) is 11.3 Å². The minimum absolute atomic E-state index is 0.152. The Morgan fingerprint density at radius 2 is 1.62 bits per heavy atom. The summed E-state index contributed by atoms with van der Waals surface area (Å²) < 4.78 is 12.0. The molecule has 0 radical (unpaired) electrons. The molecule has 0 atom stereocenters. The number of hydrogen-bond acceptors (Lipinski definition) is 5. The van der Waals surface area contributed by atoms with E-state index < -0.39 is 0 Å². The molecule has 168 valence electrons. The van der Waals surface area contributed by atoms with Crippen LogP contribution in [0.25, 0.3) is 10.8 Å². The number of nitriles is 1. The van der Waals surface area contributed by atoms with Crippen LogP contribution in [0.1, 0.15) is 32.7 Å². The normalized spacial score (nSPS) is 10.3. The van der Waals surface area contributed by atoms with Crippen molar-refractivity contribution in [3.63, 3.8) is 0 Å². The van der Waals surface area contributed by atoms with E-state index in [1.54, 1.807) is 30.3 Å². The van der Waals surface area contributed by atoms with Crippen molar-refractivity contribution in [2.75, 3.05) is 11.9 Å². The first-order chi connectivity index (χ1) is 16.7. The number of carbonyl (C=O) groups excluding carboxylic acids is 2. The molecule has 0 saturated carbocycles. The lowest BCUT2D eigenvalue weighted by Crippen LogP contribution is -2.15. The van der Waals surface area contributed by atoms with Gasteiger partial charge in [-0.1, -0.05) is 54.6 Å². The Balaban J connectivity index is 1.73. The number of amides is 1. The van der Waals surface area contributed by atoms with Gasteiger partial charge in [0.1, 0.15) is 31.0 Å². The van der Waals surface area contributed by atoms with Crippen molar-refractivity contribution >= 4 is 28.7 Å². The number of aldehydes is 1. The molecule has 0 aliphatic rings. The number of anilines is 1. The standard InChI is InChI=1S/C28H22N2O4/c29-15-6-16-33-27-24-10-5-4-9-23(24)26(34-19-21-7-2-1-3-8-21)17-25(27)28(32)30-22-13-11-20(18-31)12-14-22/h1-5,7-14,17-18H,6,16,19H2,(H,30,32). The Kier molecular flexibility index (Phi) is 7.16. The third-order valence-electron chi connectivity index (χ3n) is 5.20. The molecular weight excluding hydrogens is 428 g/mol. The fourth-order valence-electron chi connectivity index (χ4n) is 3.54. The van der Waals surface area contributed by atoms with E-state index in [2.05, 4.69) is 11.4 Å². The van der Waals surface area contributed by atoms with Crippen molar-refractivity contribution < 1.29 is 19.1 Å². The first-order valence-electron chi connectivity index (χ1n) is 10.8. The van der Waals surface area contributed by atoms with E-state index >= 15 is 0 Å². The molecule has 0 fully saturated rings. The predicted octanol–water partition coefficient (Wildman–Crippen LogP) is 5.78. The molecule has 0 bridgehead atoms. The number of nitrogens with one attached hydrogen (secondary N) is 1. The summed E-state index contributed by atoms with van der Waals surface area (Å²) in [5.41, 5.74) is 2.35. The molecule has 4 aromatic carbocycles. The summed E-state index contributed by atoms with van der Waals surface area (Å²) in [5, 5.41) is 13.3. The molecule has 6 heteroatoms. The van der Waals surface area contributed by atoms with Gasteiger partial charge in [0.05, 0.1) is 18.1 Å². The maximum atomic E-state index is 13.3. The molecule has 0 unspecified atom stereocenters. The van der Waals surface area contributed by atoms with Crippen LogP contribution < -0.4 is 14.8 Å². The summed E-state index contributed by atoms with van der Waals surface area (Å²) in [6, 6.07) is 27.6. The van der Waals surface area contributed by atoms with Crippen molar-refractivity contribution in [3.8, 4) is 17.6 Å². The zero-order valence-corrected chi connectivity index (χ0v) is 18.4. The summed E-state index contributed by atoms with van der Waals surface area (Å²) in [5.74, 6) is 0.551. The summed E-state index contributed by atoms with van der Waals surface area (Å²) in [6.45, 7) is 0.493. The van der Waals surface area contributed by atoms with Gasteiger partial charge < -0.3 is 14.8 Å². The maximum Gasteiger partial charge on any atom is 0.259 e. The van der Waals surface area contributed by atoms with Crippen LogP contribution in [0.4, 0.5) is 5.69 Å². The Morgan fingerprint density at radius 1 is 0.912 bits per heavy atom. The Morgan fingerprint density at radius 3 is 2.32 bits per heavy atom. The second kappa shape index (κ2) is 10.8. The predicted molar refractivity (Wildman–Crippen MR) is 130 cm³/mol. The molecule has 0 spiro atoms. The number of ether oxygens (including phenoxy) is 2. The summed E-state index contributed by atoms with van der Waals surface area (Å²) in [7, 11) is 0. The Hall–Kier alpha value is -4.63. The van der Waals surface area contributed by atoms with E-state index in [1.165, 1.54) is 0 Å². The second-order valence-corrected chi connectivity index (χ2v) is 7.52. The van der Waals surface area contributed by atoms with Gasteiger partial charge in [-0.15, -0.1) is 0 Å². The number of nitrogens with zero attached hydrogens (tertiary/aromatic N) is 1. The highest BCUT2D eigenvalue weighted by molar-refractivity contribution is 6.11. The van der Waals surface area contributed by atoms with Crippen LogP contribution in [0.2, 0.25) is 0 Å². The van der Waals surface area contributed by atoms with Gasteiger partial charge in [0.25, 0.3) is 5.91 Å².